The second-order valence-corrected chi connectivity index (χ2v) is 4.34. The molecule has 0 amide bonds. The lowest BCUT2D eigenvalue weighted by Gasteiger charge is -2.19. The fourth-order valence-electron chi connectivity index (χ4n) is 2.07. The number of hydrogen-bond acceptors (Lipinski definition) is 1. The minimum Gasteiger partial charge on any atom is -0.384 e. The summed E-state index contributed by atoms with van der Waals surface area (Å²) in [6, 6.07) is 8.16. The van der Waals surface area contributed by atoms with Crippen LogP contribution in [0, 0.1) is 6.92 Å². The SMILES string of the molecule is Cc1ccc(C(O)C2=CCCCC2)cc1. The Morgan fingerprint density at radius 2 is 1.87 bits per heavy atom. The molecule has 1 aliphatic carbocycles. The van der Waals surface area contributed by atoms with Crippen molar-refractivity contribution in [3.8, 4) is 0 Å². The van der Waals surface area contributed by atoms with Gasteiger partial charge in [-0.05, 0) is 43.7 Å². The van der Waals surface area contributed by atoms with Crippen LogP contribution in [0.5, 0.6) is 0 Å². The zero-order valence-corrected chi connectivity index (χ0v) is 9.24. The number of hydrogen-bond donors (Lipinski definition) is 1. The summed E-state index contributed by atoms with van der Waals surface area (Å²) in [4.78, 5) is 0. The summed E-state index contributed by atoms with van der Waals surface area (Å²) in [5.74, 6) is 0. The molecule has 0 spiro atoms. The number of aliphatic hydroxyl groups excluding tert-OH is 1. The molecule has 0 aromatic heterocycles. The molecule has 0 bridgehead atoms. The van der Waals surface area contributed by atoms with Crippen molar-refractivity contribution in [1.29, 1.82) is 0 Å². The molecule has 0 saturated heterocycles. The largest absolute Gasteiger partial charge is 0.384 e. The second-order valence-electron chi connectivity index (χ2n) is 4.34. The zero-order valence-electron chi connectivity index (χ0n) is 9.24. The molecular formula is C14H18O. The molecule has 1 aliphatic rings. The summed E-state index contributed by atoms with van der Waals surface area (Å²) in [7, 11) is 0. The molecule has 1 unspecified atom stereocenters. The molecule has 1 aromatic rings. The highest BCUT2D eigenvalue weighted by molar-refractivity contribution is 5.29. The monoisotopic (exact) mass is 202 g/mol. The van der Waals surface area contributed by atoms with Gasteiger partial charge in [0.1, 0.15) is 6.10 Å². The van der Waals surface area contributed by atoms with E-state index in [1.807, 2.05) is 12.1 Å². The Bertz CT molecular complexity index is 348. The lowest BCUT2D eigenvalue weighted by molar-refractivity contribution is 0.208. The van der Waals surface area contributed by atoms with Crippen molar-refractivity contribution < 1.29 is 5.11 Å². The first kappa shape index (κ1) is 10.4. The molecule has 15 heavy (non-hydrogen) atoms. The van der Waals surface area contributed by atoms with Gasteiger partial charge in [-0.3, -0.25) is 0 Å². The summed E-state index contributed by atoms with van der Waals surface area (Å²) in [6.45, 7) is 2.07. The number of aliphatic hydroxyl groups is 1. The number of allylic oxidation sites excluding steroid dienone is 1. The van der Waals surface area contributed by atoms with Gasteiger partial charge >= 0.3 is 0 Å². The van der Waals surface area contributed by atoms with Crippen molar-refractivity contribution >= 4 is 0 Å². The molecule has 1 atom stereocenters. The van der Waals surface area contributed by atoms with Gasteiger partial charge in [0, 0.05) is 0 Å². The van der Waals surface area contributed by atoms with Crippen LogP contribution >= 0.6 is 0 Å². The Morgan fingerprint density at radius 1 is 1.13 bits per heavy atom. The van der Waals surface area contributed by atoms with E-state index in [1.54, 1.807) is 0 Å². The average Bonchev–Trinajstić information content (AvgIpc) is 2.30. The first-order chi connectivity index (χ1) is 7.27. The number of benzene rings is 1. The molecular weight excluding hydrogens is 184 g/mol. The average molecular weight is 202 g/mol. The minimum absolute atomic E-state index is 0.383. The van der Waals surface area contributed by atoms with Gasteiger partial charge in [0.05, 0.1) is 0 Å². The third-order valence-electron chi connectivity index (χ3n) is 3.07. The third kappa shape index (κ3) is 2.48. The first-order valence-corrected chi connectivity index (χ1v) is 5.71. The molecule has 0 fully saturated rings. The van der Waals surface area contributed by atoms with Crippen LogP contribution in [-0.4, -0.2) is 5.11 Å². The molecule has 0 radical (unpaired) electrons. The Balaban J connectivity index is 2.16. The van der Waals surface area contributed by atoms with Crippen LogP contribution in [0.4, 0.5) is 0 Å². The molecule has 80 valence electrons. The smallest absolute Gasteiger partial charge is 0.100 e. The van der Waals surface area contributed by atoms with Crippen molar-refractivity contribution in [2.24, 2.45) is 0 Å². The topological polar surface area (TPSA) is 20.2 Å². The van der Waals surface area contributed by atoms with Gasteiger partial charge in [-0.1, -0.05) is 35.9 Å². The van der Waals surface area contributed by atoms with Crippen molar-refractivity contribution in [3.05, 3.63) is 47.0 Å². The third-order valence-corrected chi connectivity index (χ3v) is 3.07. The van der Waals surface area contributed by atoms with Crippen LogP contribution in [-0.2, 0) is 0 Å². The van der Waals surface area contributed by atoms with Crippen LogP contribution in [0.25, 0.3) is 0 Å². The van der Waals surface area contributed by atoms with Crippen LogP contribution in [0.1, 0.15) is 42.9 Å². The van der Waals surface area contributed by atoms with Crippen molar-refractivity contribution in [2.75, 3.05) is 0 Å². The van der Waals surface area contributed by atoms with Crippen LogP contribution < -0.4 is 0 Å². The van der Waals surface area contributed by atoms with Crippen LogP contribution in [0.2, 0.25) is 0 Å². The van der Waals surface area contributed by atoms with E-state index < -0.39 is 0 Å². The van der Waals surface area contributed by atoms with Gasteiger partial charge in [0.15, 0.2) is 0 Å². The lowest BCUT2D eigenvalue weighted by Crippen LogP contribution is -2.04. The molecule has 1 N–H and O–H groups in total. The van der Waals surface area contributed by atoms with E-state index >= 15 is 0 Å². The molecule has 0 saturated carbocycles. The van der Waals surface area contributed by atoms with E-state index in [1.165, 1.54) is 24.0 Å². The molecule has 1 nitrogen and oxygen atoms in total. The summed E-state index contributed by atoms with van der Waals surface area (Å²) in [5.41, 5.74) is 3.46. The predicted molar refractivity (Wildman–Crippen MR) is 62.7 cm³/mol. The van der Waals surface area contributed by atoms with E-state index in [4.69, 9.17) is 0 Å². The molecule has 0 aliphatic heterocycles. The second kappa shape index (κ2) is 4.63. The van der Waals surface area contributed by atoms with E-state index in [0.29, 0.717) is 0 Å². The van der Waals surface area contributed by atoms with Gasteiger partial charge in [0.2, 0.25) is 0 Å². The maximum Gasteiger partial charge on any atom is 0.100 e. The Hall–Kier alpha value is -1.08. The van der Waals surface area contributed by atoms with Gasteiger partial charge < -0.3 is 5.11 Å². The number of rotatable bonds is 2. The molecule has 2 rings (SSSR count). The summed E-state index contributed by atoms with van der Waals surface area (Å²) in [6.07, 6.45) is 6.48. The lowest BCUT2D eigenvalue weighted by atomic mass is 9.91. The Kier molecular flexibility index (Phi) is 3.22. The van der Waals surface area contributed by atoms with Crippen molar-refractivity contribution in [3.63, 3.8) is 0 Å². The van der Waals surface area contributed by atoms with Crippen LogP contribution in [0.3, 0.4) is 0 Å². The van der Waals surface area contributed by atoms with Crippen LogP contribution in [0.15, 0.2) is 35.9 Å². The van der Waals surface area contributed by atoms with Gasteiger partial charge in [-0.25, -0.2) is 0 Å². The highest BCUT2D eigenvalue weighted by Crippen LogP contribution is 2.29. The summed E-state index contributed by atoms with van der Waals surface area (Å²) < 4.78 is 0. The maximum absolute atomic E-state index is 10.2. The Labute approximate surface area is 91.4 Å². The first-order valence-electron chi connectivity index (χ1n) is 5.71. The van der Waals surface area contributed by atoms with Gasteiger partial charge in [0.25, 0.3) is 0 Å². The summed E-state index contributed by atoms with van der Waals surface area (Å²) in [5, 5.41) is 10.2. The van der Waals surface area contributed by atoms with E-state index in [-0.39, 0.29) is 6.10 Å². The maximum atomic E-state index is 10.2. The molecule has 0 heterocycles. The summed E-state index contributed by atoms with van der Waals surface area (Å²) >= 11 is 0. The zero-order chi connectivity index (χ0) is 10.7. The predicted octanol–water partition coefficient (Wildman–Crippen LogP) is 3.53. The highest BCUT2D eigenvalue weighted by atomic mass is 16.3. The van der Waals surface area contributed by atoms with Gasteiger partial charge in [-0.15, -0.1) is 0 Å². The standard InChI is InChI=1S/C14H18O/c1-11-7-9-13(10-8-11)14(15)12-5-3-2-4-6-12/h5,7-10,14-15H,2-4,6H2,1H3. The highest BCUT2D eigenvalue weighted by Gasteiger charge is 2.14. The van der Waals surface area contributed by atoms with E-state index in [2.05, 4.69) is 25.1 Å². The molecule has 1 aromatic carbocycles. The van der Waals surface area contributed by atoms with E-state index in [9.17, 15) is 5.11 Å². The fraction of sp³-hybridized carbons (Fsp3) is 0.429. The van der Waals surface area contributed by atoms with Crippen molar-refractivity contribution in [1.82, 2.24) is 0 Å². The fourth-order valence-corrected chi connectivity index (χ4v) is 2.07. The van der Waals surface area contributed by atoms with Gasteiger partial charge in [-0.2, -0.15) is 0 Å². The minimum atomic E-state index is -0.383. The normalized spacial score (nSPS) is 18.4. The number of aryl methyl sites for hydroxylation is 1. The van der Waals surface area contributed by atoms with Crippen molar-refractivity contribution in [2.45, 2.75) is 38.7 Å². The molecule has 1 heteroatoms. The Morgan fingerprint density at radius 3 is 2.47 bits per heavy atom. The van der Waals surface area contributed by atoms with E-state index in [0.717, 1.165) is 18.4 Å². The quantitative estimate of drug-likeness (QED) is 0.727.